The molecule has 0 bridgehead atoms. The highest BCUT2D eigenvalue weighted by Crippen LogP contribution is 2.14. The predicted octanol–water partition coefficient (Wildman–Crippen LogP) is -2.25. The van der Waals surface area contributed by atoms with Gasteiger partial charge in [-0.2, -0.15) is 8.42 Å². The van der Waals surface area contributed by atoms with Crippen LogP contribution in [0.3, 0.4) is 0 Å². The van der Waals surface area contributed by atoms with Crippen LogP contribution in [0.1, 0.15) is 0 Å². The van der Waals surface area contributed by atoms with Gasteiger partial charge < -0.3 is 22.7 Å². The summed E-state index contributed by atoms with van der Waals surface area (Å²) in [6.07, 6.45) is 1.26. The van der Waals surface area contributed by atoms with Crippen molar-refractivity contribution in [3.63, 3.8) is 0 Å². The van der Waals surface area contributed by atoms with Gasteiger partial charge >= 0.3 is 10.4 Å². The molecule has 1 aromatic heterocycles. The Morgan fingerprint density at radius 2 is 1.33 bits per heavy atom. The Labute approximate surface area is 85.0 Å². The highest BCUT2D eigenvalue weighted by Gasteiger charge is 1.97. The zero-order chi connectivity index (χ0) is 11.4. The summed E-state index contributed by atoms with van der Waals surface area (Å²) in [6, 6.07) is 0. The van der Waals surface area contributed by atoms with Crippen LogP contribution in [0.2, 0.25) is 0 Å². The number of anilines is 3. The van der Waals surface area contributed by atoms with Crippen LogP contribution in [0.4, 0.5) is 17.3 Å². The van der Waals surface area contributed by atoms with E-state index in [4.69, 9.17) is 34.7 Å². The van der Waals surface area contributed by atoms with Crippen LogP contribution in [0, 0.1) is 0 Å². The second-order valence-electron chi connectivity index (χ2n) is 2.01. The van der Waals surface area contributed by atoms with Crippen LogP contribution in [0.5, 0.6) is 0 Å². The first-order valence-corrected chi connectivity index (χ1v) is 4.43. The first-order chi connectivity index (χ1) is 6.22. The van der Waals surface area contributed by atoms with E-state index in [-0.39, 0.29) is 22.8 Å². The summed E-state index contributed by atoms with van der Waals surface area (Å²) >= 11 is 0. The maximum absolute atomic E-state index is 8.74. The topological polar surface area (TPSA) is 210 Å². The van der Waals surface area contributed by atoms with Gasteiger partial charge in [-0.3, -0.25) is 9.11 Å². The second-order valence-corrected chi connectivity index (χ2v) is 2.90. The van der Waals surface area contributed by atoms with Crippen LogP contribution < -0.4 is 17.2 Å². The number of nitrogens with zero attached hydrogens (tertiary/aromatic N) is 2. The van der Waals surface area contributed by atoms with Crippen molar-refractivity contribution in [1.82, 2.24) is 9.97 Å². The lowest BCUT2D eigenvalue weighted by atomic mass is 10.4. The Morgan fingerprint density at radius 3 is 1.53 bits per heavy atom. The molecule has 0 aliphatic rings. The molecule has 1 rings (SSSR count). The van der Waals surface area contributed by atoms with Gasteiger partial charge in [-0.25, -0.2) is 9.97 Å². The van der Waals surface area contributed by atoms with E-state index in [0.29, 0.717) is 0 Å². The number of nitrogens with two attached hydrogens (primary N) is 3. The van der Waals surface area contributed by atoms with Crippen molar-refractivity contribution in [3.05, 3.63) is 6.33 Å². The molecule has 10 N–H and O–H groups in total. The molecule has 0 spiro atoms. The first kappa shape index (κ1) is 15.8. The molecule has 0 amide bonds. The van der Waals surface area contributed by atoms with Crippen LogP contribution in [-0.4, -0.2) is 33.0 Å². The highest BCUT2D eigenvalue weighted by molar-refractivity contribution is 7.79. The third-order valence-electron chi connectivity index (χ3n) is 0.946. The third kappa shape index (κ3) is 8.63. The number of hydrogen-bond donors (Lipinski definition) is 5. The van der Waals surface area contributed by atoms with Crippen molar-refractivity contribution in [2.24, 2.45) is 0 Å². The quantitative estimate of drug-likeness (QED) is 0.310. The number of rotatable bonds is 0. The van der Waals surface area contributed by atoms with E-state index in [0.717, 1.165) is 0 Å². The second kappa shape index (κ2) is 5.92. The molecule has 11 heteroatoms. The summed E-state index contributed by atoms with van der Waals surface area (Å²) in [5.41, 5.74) is 16.1. The molecule has 0 unspecified atom stereocenters. The number of nitrogen functional groups attached to an aromatic ring is 3. The molecule has 15 heavy (non-hydrogen) atoms. The summed E-state index contributed by atoms with van der Waals surface area (Å²) in [5, 5.41) is 0. The van der Waals surface area contributed by atoms with Crippen LogP contribution in [0.25, 0.3) is 0 Å². The molecule has 0 radical (unpaired) electrons. The van der Waals surface area contributed by atoms with Crippen molar-refractivity contribution < 1.29 is 23.0 Å². The van der Waals surface area contributed by atoms with Crippen LogP contribution in [-0.2, 0) is 10.4 Å². The van der Waals surface area contributed by atoms with E-state index in [9.17, 15) is 0 Å². The fraction of sp³-hybridized carbons (Fsp3) is 0. The molecule has 1 heterocycles. The maximum atomic E-state index is 8.74. The van der Waals surface area contributed by atoms with E-state index in [1.165, 1.54) is 6.33 Å². The molecule has 0 atom stereocenters. The number of aromatic nitrogens is 2. The summed E-state index contributed by atoms with van der Waals surface area (Å²) in [6.45, 7) is 0. The van der Waals surface area contributed by atoms with E-state index in [1.807, 2.05) is 0 Å². The molecule has 10 nitrogen and oxygen atoms in total. The molecule has 0 aliphatic heterocycles. The minimum atomic E-state index is -4.67. The van der Waals surface area contributed by atoms with Gasteiger partial charge in [0.25, 0.3) is 0 Å². The van der Waals surface area contributed by atoms with Crippen molar-refractivity contribution in [2.75, 3.05) is 17.2 Å². The molecule has 0 aromatic carbocycles. The Bertz CT molecular complexity index is 378. The summed E-state index contributed by atoms with van der Waals surface area (Å²) < 4.78 is 31.6. The SMILES string of the molecule is Nc1ncnc(N)c1N.O.O=S(=O)(O)O. The van der Waals surface area contributed by atoms with Gasteiger partial charge in [-0.15, -0.1) is 0 Å². The molecular formula is C4H11N5O5S. The van der Waals surface area contributed by atoms with Crippen molar-refractivity contribution >= 4 is 27.7 Å². The van der Waals surface area contributed by atoms with Gasteiger partial charge in [-0.1, -0.05) is 0 Å². The standard InChI is InChI=1S/C4H7N5.H2O4S.H2O/c5-2-3(6)8-1-9-4(2)7;1-5(2,3)4;/h1H,5H2,(H4,6,7,8,9);(H2,1,2,3,4);1H2. The zero-order valence-electron chi connectivity index (χ0n) is 7.32. The van der Waals surface area contributed by atoms with Crippen molar-refractivity contribution in [1.29, 1.82) is 0 Å². The molecule has 0 saturated carbocycles. The normalized spacial score (nSPS) is 9.47. The maximum Gasteiger partial charge on any atom is 0.394 e. The molecule has 1 aromatic rings. The lowest BCUT2D eigenvalue weighted by molar-refractivity contribution is 0.381. The highest BCUT2D eigenvalue weighted by atomic mass is 32.3. The van der Waals surface area contributed by atoms with E-state index in [2.05, 4.69) is 9.97 Å². The van der Waals surface area contributed by atoms with Gasteiger partial charge in [0.1, 0.15) is 12.0 Å². The minimum absolute atomic E-state index is 0. The third-order valence-corrected chi connectivity index (χ3v) is 0.946. The Hall–Kier alpha value is -1.69. The fourth-order valence-electron chi connectivity index (χ4n) is 0.424. The average molecular weight is 241 g/mol. The smallest absolute Gasteiger partial charge is 0.394 e. The molecule has 0 aliphatic carbocycles. The molecule has 0 fully saturated rings. The predicted molar refractivity (Wildman–Crippen MR) is 53.1 cm³/mol. The molecular weight excluding hydrogens is 230 g/mol. The van der Waals surface area contributed by atoms with Gasteiger partial charge in [0.15, 0.2) is 11.6 Å². The first-order valence-electron chi connectivity index (χ1n) is 3.03. The van der Waals surface area contributed by atoms with E-state index in [1.54, 1.807) is 0 Å². The van der Waals surface area contributed by atoms with Crippen molar-refractivity contribution in [3.8, 4) is 0 Å². The van der Waals surface area contributed by atoms with Crippen LogP contribution in [0.15, 0.2) is 6.33 Å². The molecule has 0 saturated heterocycles. The van der Waals surface area contributed by atoms with Gasteiger partial charge in [0.05, 0.1) is 0 Å². The zero-order valence-corrected chi connectivity index (χ0v) is 8.14. The summed E-state index contributed by atoms with van der Waals surface area (Å²) in [5.74, 6) is 0.449. The van der Waals surface area contributed by atoms with Gasteiger partial charge in [0.2, 0.25) is 0 Å². The van der Waals surface area contributed by atoms with Crippen LogP contribution >= 0.6 is 0 Å². The van der Waals surface area contributed by atoms with Crippen molar-refractivity contribution in [2.45, 2.75) is 0 Å². The number of hydrogen-bond acceptors (Lipinski definition) is 7. The van der Waals surface area contributed by atoms with E-state index < -0.39 is 10.4 Å². The molecule has 88 valence electrons. The van der Waals surface area contributed by atoms with E-state index >= 15 is 0 Å². The fourth-order valence-corrected chi connectivity index (χ4v) is 0.424. The lowest BCUT2D eigenvalue weighted by Gasteiger charge is -1.98. The minimum Gasteiger partial charge on any atom is -0.412 e. The van der Waals surface area contributed by atoms with Gasteiger partial charge in [-0.05, 0) is 0 Å². The average Bonchev–Trinajstić information content (AvgIpc) is 1.97. The Balaban J connectivity index is 0. The Morgan fingerprint density at radius 1 is 1.07 bits per heavy atom. The monoisotopic (exact) mass is 241 g/mol. The van der Waals surface area contributed by atoms with Gasteiger partial charge in [0, 0.05) is 0 Å². The lowest BCUT2D eigenvalue weighted by Crippen LogP contribution is -2.03. The summed E-state index contributed by atoms with van der Waals surface area (Å²) in [7, 11) is -4.67. The Kier molecular flexibility index (Phi) is 6.22. The summed E-state index contributed by atoms with van der Waals surface area (Å²) in [4.78, 5) is 7.20. The largest absolute Gasteiger partial charge is 0.412 e.